The van der Waals surface area contributed by atoms with Gasteiger partial charge in [-0.3, -0.25) is 4.79 Å². The predicted molar refractivity (Wildman–Crippen MR) is 54.5 cm³/mol. The average molecular weight is 220 g/mol. The number of aliphatic hydroxyl groups is 1. The summed E-state index contributed by atoms with van der Waals surface area (Å²) in [7, 11) is 0. The van der Waals surface area contributed by atoms with Gasteiger partial charge in [0.15, 0.2) is 0 Å². The van der Waals surface area contributed by atoms with Gasteiger partial charge in [0.25, 0.3) is 0 Å². The molecule has 0 unspecified atom stereocenters. The molecule has 5 heteroatoms. The third-order valence-electron chi connectivity index (χ3n) is 1.55. The predicted octanol–water partition coefficient (Wildman–Crippen LogP) is 0.211. The van der Waals surface area contributed by atoms with Crippen LogP contribution in [0.2, 0.25) is 0 Å². The summed E-state index contributed by atoms with van der Waals surface area (Å²) in [4.78, 5) is 11.0. The van der Waals surface area contributed by atoms with Crippen LogP contribution < -0.4 is 0 Å². The van der Waals surface area contributed by atoms with Crippen LogP contribution in [0.5, 0.6) is 0 Å². The first kappa shape index (κ1) is 14.3. The molecule has 90 valence electrons. The van der Waals surface area contributed by atoms with Gasteiger partial charge in [0.1, 0.15) is 6.61 Å². The molecule has 0 aromatic rings. The summed E-state index contributed by atoms with van der Waals surface area (Å²) in [6.07, 6.45) is 0. The molecule has 0 saturated heterocycles. The Kier molecular flexibility index (Phi) is 9.46. The van der Waals surface area contributed by atoms with E-state index in [1.807, 2.05) is 0 Å². The number of esters is 1. The molecule has 1 N–H and O–H groups in total. The Bertz CT molecular complexity index is 158. The average Bonchev–Trinajstić information content (AvgIpc) is 2.21. The molecule has 0 amide bonds. The van der Waals surface area contributed by atoms with Crippen LogP contribution in [0.15, 0.2) is 0 Å². The molecule has 0 aromatic heterocycles. The standard InChI is InChI=1S/C10H20O5/c1-9(2)10(12)15-8-7-14-6-5-13-4-3-11/h9,11H,3-8H2,1-2H3. The maximum atomic E-state index is 11.0. The van der Waals surface area contributed by atoms with Crippen LogP contribution in [0.25, 0.3) is 0 Å². The van der Waals surface area contributed by atoms with Gasteiger partial charge in [-0.25, -0.2) is 0 Å². The minimum atomic E-state index is -0.213. The Morgan fingerprint density at radius 2 is 1.60 bits per heavy atom. The van der Waals surface area contributed by atoms with Crippen molar-refractivity contribution in [3.8, 4) is 0 Å². The molecule has 0 aromatic carbocycles. The van der Waals surface area contributed by atoms with Crippen LogP contribution in [0.3, 0.4) is 0 Å². The maximum Gasteiger partial charge on any atom is 0.308 e. The van der Waals surface area contributed by atoms with Gasteiger partial charge in [-0.15, -0.1) is 0 Å². The lowest BCUT2D eigenvalue weighted by Gasteiger charge is -2.07. The highest BCUT2D eigenvalue weighted by Crippen LogP contribution is 1.95. The molecule has 0 aliphatic rings. The van der Waals surface area contributed by atoms with Gasteiger partial charge >= 0.3 is 5.97 Å². The quantitative estimate of drug-likeness (QED) is 0.444. The van der Waals surface area contributed by atoms with Gasteiger partial charge in [-0.05, 0) is 0 Å². The summed E-state index contributed by atoms with van der Waals surface area (Å²) in [5.74, 6) is -0.312. The van der Waals surface area contributed by atoms with Crippen LogP contribution in [0.4, 0.5) is 0 Å². The molecule has 0 bridgehead atoms. The van der Waals surface area contributed by atoms with E-state index < -0.39 is 0 Å². The third-order valence-corrected chi connectivity index (χ3v) is 1.55. The minimum Gasteiger partial charge on any atom is -0.463 e. The maximum absolute atomic E-state index is 11.0. The number of aliphatic hydroxyl groups excluding tert-OH is 1. The molecule has 0 fully saturated rings. The molecule has 5 nitrogen and oxygen atoms in total. The van der Waals surface area contributed by atoms with Crippen LogP contribution in [0.1, 0.15) is 13.8 Å². The summed E-state index contributed by atoms with van der Waals surface area (Å²) in [6.45, 7) is 5.45. The molecule has 0 aliphatic heterocycles. The lowest BCUT2D eigenvalue weighted by molar-refractivity contribution is -0.149. The number of carbonyl (C=O) groups excluding carboxylic acids is 1. The molecule has 0 atom stereocenters. The fourth-order valence-corrected chi connectivity index (χ4v) is 0.754. The van der Waals surface area contributed by atoms with Crippen LogP contribution >= 0.6 is 0 Å². The van der Waals surface area contributed by atoms with E-state index in [-0.39, 0.29) is 25.1 Å². The smallest absolute Gasteiger partial charge is 0.308 e. The van der Waals surface area contributed by atoms with E-state index in [1.165, 1.54) is 0 Å². The zero-order valence-electron chi connectivity index (χ0n) is 9.40. The number of carbonyl (C=O) groups is 1. The van der Waals surface area contributed by atoms with Crippen molar-refractivity contribution in [2.75, 3.05) is 39.6 Å². The summed E-state index contributed by atoms with van der Waals surface area (Å²) in [5, 5.41) is 8.40. The van der Waals surface area contributed by atoms with Gasteiger partial charge in [0.05, 0.1) is 39.0 Å². The first-order chi connectivity index (χ1) is 7.18. The van der Waals surface area contributed by atoms with E-state index in [9.17, 15) is 4.79 Å². The summed E-state index contributed by atoms with van der Waals surface area (Å²) in [5.41, 5.74) is 0. The summed E-state index contributed by atoms with van der Waals surface area (Å²) in [6, 6.07) is 0. The topological polar surface area (TPSA) is 65.0 Å². The number of hydrogen-bond acceptors (Lipinski definition) is 5. The first-order valence-corrected chi connectivity index (χ1v) is 5.11. The van der Waals surface area contributed by atoms with Crippen molar-refractivity contribution in [3.63, 3.8) is 0 Å². The molecular formula is C10H20O5. The highest BCUT2D eigenvalue weighted by atomic mass is 16.6. The second-order valence-corrected chi connectivity index (χ2v) is 3.27. The van der Waals surface area contributed by atoms with Gasteiger partial charge in [0.2, 0.25) is 0 Å². The normalized spacial score (nSPS) is 10.7. The van der Waals surface area contributed by atoms with Gasteiger partial charge in [-0.2, -0.15) is 0 Å². The van der Waals surface area contributed by atoms with Gasteiger partial charge in [-0.1, -0.05) is 13.8 Å². The second-order valence-electron chi connectivity index (χ2n) is 3.27. The van der Waals surface area contributed by atoms with Crippen molar-refractivity contribution in [2.45, 2.75) is 13.8 Å². The zero-order chi connectivity index (χ0) is 11.5. The van der Waals surface area contributed by atoms with Crippen LogP contribution in [-0.2, 0) is 19.0 Å². The van der Waals surface area contributed by atoms with Crippen molar-refractivity contribution in [1.82, 2.24) is 0 Å². The number of ether oxygens (including phenoxy) is 3. The Labute approximate surface area is 90.3 Å². The second kappa shape index (κ2) is 9.89. The third kappa shape index (κ3) is 9.65. The van der Waals surface area contributed by atoms with Crippen molar-refractivity contribution < 1.29 is 24.1 Å². The summed E-state index contributed by atoms with van der Waals surface area (Å²) < 4.78 is 15.0. The first-order valence-electron chi connectivity index (χ1n) is 5.11. The van der Waals surface area contributed by atoms with E-state index in [2.05, 4.69) is 0 Å². The molecule has 0 saturated carbocycles. The van der Waals surface area contributed by atoms with E-state index in [1.54, 1.807) is 13.8 Å². The Hall–Kier alpha value is -0.650. The highest BCUT2D eigenvalue weighted by molar-refractivity contribution is 5.71. The number of hydrogen-bond donors (Lipinski definition) is 1. The SMILES string of the molecule is CC(C)C(=O)OCCOCCOCCO. The monoisotopic (exact) mass is 220 g/mol. The van der Waals surface area contributed by atoms with Crippen molar-refractivity contribution in [3.05, 3.63) is 0 Å². The lowest BCUT2D eigenvalue weighted by Crippen LogP contribution is -2.16. The fourth-order valence-electron chi connectivity index (χ4n) is 0.754. The molecule has 0 spiro atoms. The van der Waals surface area contributed by atoms with E-state index in [4.69, 9.17) is 19.3 Å². The lowest BCUT2D eigenvalue weighted by atomic mass is 10.2. The van der Waals surface area contributed by atoms with E-state index in [0.717, 1.165) is 0 Å². The minimum absolute atomic E-state index is 0.0198. The van der Waals surface area contributed by atoms with E-state index in [0.29, 0.717) is 26.4 Å². The largest absolute Gasteiger partial charge is 0.463 e. The molecule has 15 heavy (non-hydrogen) atoms. The van der Waals surface area contributed by atoms with Crippen molar-refractivity contribution in [1.29, 1.82) is 0 Å². The highest BCUT2D eigenvalue weighted by Gasteiger charge is 2.06. The molecule has 0 rings (SSSR count). The molecule has 0 radical (unpaired) electrons. The van der Waals surface area contributed by atoms with Crippen molar-refractivity contribution >= 4 is 5.97 Å². The van der Waals surface area contributed by atoms with Gasteiger partial charge in [0, 0.05) is 0 Å². The van der Waals surface area contributed by atoms with Crippen LogP contribution in [-0.4, -0.2) is 50.7 Å². The van der Waals surface area contributed by atoms with E-state index >= 15 is 0 Å². The molecular weight excluding hydrogens is 200 g/mol. The number of rotatable bonds is 9. The Morgan fingerprint density at radius 1 is 1.07 bits per heavy atom. The Balaban J connectivity index is 3.08. The molecule has 0 aliphatic carbocycles. The summed E-state index contributed by atoms with van der Waals surface area (Å²) >= 11 is 0. The molecule has 0 heterocycles. The van der Waals surface area contributed by atoms with Crippen molar-refractivity contribution in [2.24, 2.45) is 5.92 Å². The van der Waals surface area contributed by atoms with Gasteiger partial charge < -0.3 is 19.3 Å². The Morgan fingerprint density at radius 3 is 2.13 bits per heavy atom. The fraction of sp³-hybridized carbons (Fsp3) is 0.900. The zero-order valence-corrected chi connectivity index (χ0v) is 9.40. The van der Waals surface area contributed by atoms with Crippen LogP contribution in [0, 0.1) is 5.92 Å².